The molecule has 0 aliphatic heterocycles. The van der Waals surface area contributed by atoms with Crippen LogP contribution in [-0.2, 0) is 11.2 Å². The Morgan fingerprint density at radius 3 is 2.32 bits per heavy atom. The fraction of sp³-hybridized carbons (Fsp3) is 0.200. The van der Waals surface area contributed by atoms with Crippen molar-refractivity contribution in [3.05, 3.63) is 89.5 Å². The van der Waals surface area contributed by atoms with Crippen molar-refractivity contribution in [2.75, 3.05) is 30.8 Å². The molecule has 6 nitrogen and oxygen atoms in total. The van der Waals surface area contributed by atoms with E-state index in [0.717, 1.165) is 22.6 Å². The molecule has 0 fully saturated rings. The van der Waals surface area contributed by atoms with Gasteiger partial charge in [-0.05, 0) is 55.3 Å². The van der Waals surface area contributed by atoms with Gasteiger partial charge in [0.05, 0.1) is 19.2 Å². The number of benzene rings is 3. The minimum absolute atomic E-state index is 0.0595. The van der Waals surface area contributed by atoms with Crippen molar-refractivity contribution in [3.8, 4) is 5.75 Å². The largest absolute Gasteiger partial charge is 0.497 e. The van der Waals surface area contributed by atoms with Crippen molar-refractivity contribution in [1.82, 2.24) is 5.32 Å². The Kier molecular flexibility index (Phi) is 7.65. The quantitative estimate of drug-likeness (QED) is 0.491. The number of methoxy groups -OCH3 is 1. The number of aryl methyl sites for hydroxylation is 1. The molecule has 3 rings (SSSR count). The summed E-state index contributed by atoms with van der Waals surface area (Å²) in [6.07, 6.45) is 0.713. The van der Waals surface area contributed by atoms with Crippen LogP contribution in [0.25, 0.3) is 0 Å². The number of rotatable bonds is 9. The van der Waals surface area contributed by atoms with Crippen LogP contribution in [0.2, 0.25) is 0 Å². The monoisotopic (exact) mass is 417 g/mol. The fourth-order valence-corrected chi connectivity index (χ4v) is 3.06. The summed E-state index contributed by atoms with van der Waals surface area (Å²) in [5, 5.41) is 8.84. The molecule has 0 unspecified atom stereocenters. The molecule has 31 heavy (non-hydrogen) atoms. The van der Waals surface area contributed by atoms with Gasteiger partial charge in [0.25, 0.3) is 5.91 Å². The second-order valence-electron chi connectivity index (χ2n) is 7.17. The summed E-state index contributed by atoms with van der Waals surface area (Å²) < 4.78 is 5.16. The summed E-state index contributed by atoms with van der Waals surface area (Å²) in [5.74, 6) is 0.438. The van der Waals surface area contributed by atoms with Gasteiger partial charge < -0.3 is 20.7 Å². The molecule has 0 radical (unpaired) electrons. The molecular weight excluding hydrogens is 390 g/mol. The lowest BCUT2D eigenvalue weighted by Gasteiger charge is -2.13. The topological polar surface area (TPSA) is 79.5 Å². The van der Waals surface area contributed by atoms with Crippen LogP contribution in [0.1, 0.15) is 21.5 Å². The van der Waals surface area contributed by atoms with Crippen LogP contribution >= 0.6 is 0 Å². The van der Waals surface area contributed by atoms with Crippen molar-refractivity contribution >= 4 is 23.2 Å². The Morgan fingerprint density at radius 2 is 1.61 bits per heavy atom. The van der Waals surface area contributed by atoms with E-state index < -0.39 is 0 Å². The summed E-state index contributed by atoms with van der Waals surface area (Å²) >= 11 is 0. The van der Waals surface area contributed by atoms with E-state index in [-0.39, 0.29) is 18.4 Å². The number of amides is 2. The molecule has 0 aliphatic rings. The Labute approximate surface area is 182 Å². The maximum Gasteiger partial charge on any atom is 0.253 e. The summed E-state index contributed by atoms with van der Waals surface area (Å²) in [4.78, 5) is 24.9. The molecule has 0 saturated carbocycles. The lowest BCUT2D eigenvalue weighted by molar-refractivity contribution is -0.114. The van der Waals surface area contributed by atoms with E-state index in [0.29, 0.717) is 24.2 Å². The summed E-state index contributed by atoms with van der Waals surface area (Å²) in [7, 11) is 1.63. The first-order valence-corrected chi connectivity index (χ1v) is 10.2. The maximum atomic E-state index is 12.7. The SMILES string of the molecule is COc1ccc(CCNC(=O)c2ccccc2NCC(=O)Nc2ccc(C)cc2)cc1. The van der Waals surface area contributed by atoms with E-state index in [9.17, 15) is 9.59 Å². The van der Waals surface area contributed by atoms with Crippen LogP contribution in [0, 0.1) is 6.92 Å². The predicted octanol–water partition coefficient (Wildman–Crippen LogP) is 4.03. The zero-order chi connectivity index (χ0) is 22.1. The van der Waals surface area contributed by atoms with E-state index >= 15 is 0 Å². The van der Waals surface area contributed by atoms with Crippen LogP contribution in [0.4, 0.5) is 11.4 Å². The number of hydrogen-bond donors (Lipinski definition) is 3. The van der Waals surface area contributed by atoms with Gasteiger partial charge in [-0.15, -0.1) is 0 Å². The average Bonchev–Trinajstić information content (AvgIpc) is 2.80. The van der Waals surface area contributed by atoms with Gasteiger partial charge in [-0.2, -0.15) is 0 Å². The van der Waals surface area contributed by atoms with Crippen LogP contribution in [-0.4, -0.2) is 32.0 Å². The van der Waals surface area contributed by atoms with Gasteiger partial charge in [0.1, 0.15) is 5.75 Å². The normalized spacial score (nSPS) is 10.3. The molecule has 0 bridgehead atoms. The summed E-state index contributed by atoms with van der Waals surface area (Å²) in [5.41, 5.74) is 4.09. The first kappa shape index (κ1) is 21.9. The highest BCUT2D eigenvalue weighted by Gasteiger charge is 2.11. The highest BCUT2D eigenvalue weighted by Crippen LogP contribution is 2.16. The minimum Gasteiger partial charge on any atom is -0.497 e. The van der Waals surface area contributed by atoms with E-state index in [2.05, 4.69) is 16.0 Å². The molecule has 3 aromatic carbocycles. The first-order valence-electron chi connectivity index (χ1n) is 10.2. The second kappa shape index (κ2) is 10.8. The van der Waals surface area contributed by atoms with Crippen LogP contribution in [0.3, 0.4) is 0 Å². The molecule has 2 amide bonds. The number of carbonyl (C=O) groups is 2. The van der Waals surface area contributed by atoms with E-state index in [1.807, 2.05) is 61.5 Å². The Hall–Kier alpha value is -3.80. The molecule has 0 heterocycles. The zero-order valence-electron chi connectivity index (χ0n) is 17.8. The molecule has 3 N–H and O–H groups in total. The van der Waals surface area contributed by atoms with Gasteiger partial charge in [0.2, 0.25) is 5.91 Å². The lowest BCUT2D eigenvalue weighted by Crippen LogP contribution is -2.28. The molecular formula is C25H27N3O3. The molecule has 0 aliphatic carbocycles. The van der Waals surface area contributed by atoms with Crippen molar-refractivity contribution in [3.63, 3.8) is 0 Å². The average molecular weight is 418 g/mol. The van der Waals surface area contributed by atoms with E-state index in [1.54, 1.807) is 25.3 Å². The summed E-state index contributed by atoms with van der Waals surface area (Å²) in [6, 6.07) is 22.5. The summed E-state index contributed by atoms with van der Waals surface area (Å²) in [6.45, 7) is 2.56. The molecule has 6 heteroatoms. The third-order valence-electron chi connectivity index (χ3n) is 4.80. The minimum atomic E-state index is -0.185. The molecule has 160 valence electrons. The predicted molar refractivity (Wildman–Crippen MR) is 124 cm³/mol. The Bertz CT molecular complexity index is 1010. The smallest absolute Gasteiger partial charge is 0.253 e. The number of carbonyl (C=O) groups excluding carboxylic acids is 2. The first-order chi connectivity index (χ1) is 15.0. The third kappa shape index (κ3) is 6.60. The van der Waals surface area contributed by atoms with Crippen LogP contribution in [0.15, 0.2) is 72.8 Å². The van der Waals surface area contributed by atoms with Crippen molar-refractivity contribution in [2.45, 2.75) is 13.3 Å². The third-order valence-corrected chi connectivity index (χ3v) is 4.80. The highest BCUT2D eigenvalue weighted by atomic mass is 16.5. The van der Waals surface area contributed by atoms with Crippen molar-refractivity contribution < 1.29 is 14.3 Å². The second-order valence-corrected chi connectivity index (χ2v) is 7.17. The van der Waals surface area contributed by atoms with Gasteiger partial charge in [-0.25, -0.2) is 0 Å². The van der Waals surface area contributed by atoms with Gasteiger partial charge >= 0.3 is 0 Å². The van der Waals surface area contributed by atoms with Gasteiger partial charge in [0, 0.05) is 17.9 Å². The van der Waals surface area contributed by atoms with Crippen LogP contribution < -0.4 is 20.7 Å². The van der Waals surface area contributed by atoms with Crippen LogP contribution in [0.5, 0.6) is 5.75 Å². The number of para-hydroxylation sites is 1. The number of nitrogens with one attached hydrogen (secondary N) is 3. The molecule has 0 saturated heterocycles. The van der Waals surface area contributed by atoms with Gasteiger partial charge in [-0.1, -0.05) is 42.0 Å². The fourth-order valence-electron chi connectivity index (χ4n) is 3.06. The highest BCUT2D eigenvalue weighted by molar-refractivity contribution is 6.00. The van der Waals surface area contributed by atoms with Crippen molar-refractivity contribution in [1.29, 1.82) is 0 Å². The molecule has 3 aromatic rings. The maximum absolute atomic E-state index is 12.7. The lowest BCUT2D eigenvalue weighted by atomic mass is 10.1. The number of hydrogen-bond acceptors (Lipinski definition) is 4. The number of ether oxygens (including phenoxy) is 1. The molecule has 0 atom stereocenters. The van der Waals surface area contributed by atoms with Gasteiger partial charge in [0.15, 0.2) is 0 Å². The van der Waals surface area contributed by atoms with Gasteiger partial charge in [-0.3, -0.25) is 9.59 Å². The molecule has 0 aromatic heterocycles. The van der Waals surface area contributed by atoms with E-state index in [4.69, 9.17) is 4.74 Å². The molecule has 0 spiro atoms. The zero-order valence-corrected chi connectivity index (χ0v) is 17.8. The number of anilines is 2. The Morgan fingerprint density at radius 1 is 0.903 bits per heavy atom. The van der Waals surface area contributed by atoms with E-state index in [1.165, 1.54) is 0 Å². The Balaban J connectivity index is 1.51. The van der Waals surface area contributed by atoms with Crippen molar-refractivity contribution in [2.24, 2.45) is 0 Å². The standard InChI is InChI=1S/C25H27N3O3/c1-18-7-11-20(12-8-18)28-24(29)17-27-23-6-4-3-5-22(23)25(30)26-16-15-19-9-13-21(31-2)14-10-19/h3-14,27H,15-17H2,1-2H3,(H,26,30)(H,28,29).